The Bertz CT molecular complexity index is 829. The van der Waals surface area contributed by atoms with Gasteiger partial charge in [-0.15, -0.1) is 0 Å². The van der Waals surface area contributed by atoms with Crippen LogP contribution in [0.5, 0.6) is 0 Å². The van der Waals surface area contributed by atoms with Gasteiger partial charge in [-0.25, -0.2) is 9.37 Å². The van der Waals surface area contributed by atoms with Crippen molar-refractivity contribution in [2.75, 3.05) is 0 Å². The maximum Gasteiger partial charge on any atom is 0.269 e. The summed E-state index contributed by atoms with van der Waals surface area (Å²) in [6, 6.07) is 11.8. The molecule has 0 unspecified atom stereocenters. The van der Waals surface area contributed by atoms with Crippen molar-refractivity contribution in [3.05, 3.63) is 69.6 Å². The fraction of sp³-hybridized carbons (Fsp3) is 0. The largest absolute Gasteiger partial charge is 0.329 e. The van der Waals surface area contributed by atoms with Crippen molar-refractivity contribution < 1.29 is 9.31 Å². The number of nitro benzene ring substituents is 1. The molecule has 2 aromatic carbocycles. The highest BCUT2D eigenvalue weighted by Crippen LogP contribution is 2.30. The van der Waals surface area contributed by atoms with Crippen LogP contribution in [0.1, 0.15) is 0 Å². The summed E-state index contributed by atoms with van der Waals surface area (Å²) < 4.78 is 13.0. The molecule has 0 bridgehead atoms. The molecule has 22 heavy (non-hydrogen) atoms. The number of non-ortho nitro benzene ring substituents is 1. The standard InChI is InChI=1S/C15H9ClFN3O2/c16-14-13(9-1-5-11(17)6-2-9)18-15(19-14)10-3-7-12(8-4-10)20(21)22/h1-8H,(H,18,19). The summed E-state index contributed by atoms with van der Waals surface area (Å²) in [6.45, 7) is 0. The summed E-state index contributed by atoms with van der Waals surface area (Å²) in [5.41, 5.74) is 1.84. The van der Waals surface area contributed by atoms with Gasteiger partial charge in [0, 0.05) is 23.3 Å². The van der Waals surface area contributed by atoms with E-state index in [9.17, 15) is 14.5 Å². The van der Waals surface area contributed by atoms with E-state index in [0.717, 1.165) is 0 Å². The third-order valence-corrected chi connectivity index (χ3v) is 3.40. The molecular formula is C15H9ClFN3O2. The van der Waals surface area contributed by atoms with Crippen molar-refractivity contribution in [1.82, 2.24) is 9.97 Å². The maximum atomic E-state index is 13.0. The van der Waals surface area contributed by atoms with Gasteiger partial charge in [0.2, 0.25) is 0 Å². The summed E-state index contributed by atoms with van der Waals surface area (Å²) in [4.78, 5) is 17.5. The molecule has 110 valence electrons. The third kappa shape index (κ3) is 2.68. The number of hydrogen-bond acceptors (Lipinski definition) is 3. The Hall–Kier alpha value is -2.73. The van der Waals surface area contributed by atoms with Gasteiger partial charge in [0.1, 0.15) is 22.5 Å². The molecule has 1 heterocycles. The van der Waals surface area contributed by atoms with E-state index >= 15 is 0 Å². The monoisotopic (exact) mass is 317 g/mol. The van der Waals surface area contributed by atoms with Gasteiger partial charge in [0.05, 0.1) is 4.92 Å². The van der Waals surface area contributed by atoms with Gasteiger partial charge >= 0.3 is 0 Å². The molecule has 0 saturated heterocycles. The summed E-state index contributed by atoms with van der Waals surface area (Å²) in [5.74, 6) is 0.144. The summed E-state index contributed by atoms with van der Waals surface area (Å²) in [6.07, 6.45) is 0. The molecule has 1 aromatic heterocycles. The normalized spacial score (nSPS) is 10.6. The number of imidazole rings is 1. The Labute approximate surface area is 129 Å². The fourth-order valence-corrected chi connectivity index (χ4v) is 2.27. The summed E-state index contributed by atoms with van der Waals surface area (Å²) >= 11 is 6.13. The Morgan fingerprint density at radius 3 is 2.23 bits per heavy atom. The summed E-state index contributed by atoms with van der Waals surface area (Å²) in [7, 11) is 0. The smallest absolute Gasteiger partial charge is 0.269 e. The highest BCUT2D eigenvalue weighted by Gasteiger charge is 2.13. The first-order valence-corrected chi connectivity index (χ1v) is 6.68. The zero-order chi connectivity index (χ0) is 15.7. The predicted octanol–water partition coefficient (Wildman–Crippen LogP) is 4.44. The minimum atomic E-state index is -0.469. The van der Waals surface area contributed by atoms with E-state index in [1.807, 2.05) is 0 Å². The predicted molar refractivity (Wildman–Crippen MR) is 81.1 cm³/mol. The van der Waals surface area contributed by atoms with E-state index < -0.39 is 4.92 Å². The lowest BCUT2D eigenvalue weighted by Crippen LogP contribution is -1.87. The molecule has 0 fully saturated rings. The lowest BCUT2D eigenvalue weighted by atomic mass is 10.1. The highest BCUT2D eigenvalue weighted by molar-refractivity contribution is 6.32. The van der Waals surface area contributed by atoms with E-state index in [-0.39, 0.29) is 11.5 Å². The molecule has 0 spiro atoms. The van der Waals surface area contributed by atoms with Crippen molar-refractivity contribution in [3.8, 4) is 22.6 Å². The van der Waals surface area contributed by atoms with E-state index in [0.29, 0.717) is 27.8 Å². The number of rotatable bonds is 3. The molecule has 0 aliphatic heterocycles. The first-order chi connectivity index (χ1) is 10.5. The lowest BCUT2D eigenvalue weighted by Gasteiger charge is -1.97. The van der Waals surface area contributed by atoms with Crippen LogP contribution >= 0.6 is 11.6 Å². The third-order valence-electron chi connectivity index (χ3n) is 3.13. The van der Waals surface area contributed by atoms with Crippen LogP contribution < -0.4 is 0 Å². The number of hydrogen-bond donors (Lipinski definition) is 1. The zero-order valence-corrected chi connectivity index (χ0v) is 11.8. The minimum absolute atomic E-state index is 0.000149. The van der Waals surface area contributed by atoms with Crippen LogP contribution in [-0.4, -0.2) is 14.9 Å². The lowest BCUT2D eigenvalue weighted by molar-refractivity contribution is -0.384. The molecule has 7 heteroatoms. The average molecular weight is 318 g/mol. The highest BCUT2D eigenvalue weighted by atomic mass is 35.5. The van der Waals surface area contributed by atoms with Crippen molar-refractivity contribution >= 4 is 17.3 Å². The minimum Gasteiger partial charge on any atom is -0.329 e. The van der Waals surface area contributed by atoms with Crippen molar-refractivity contribution in [2.24, 2.45) is 0 Å². The second-order valence-electron chi connectivity index (χ2n) is 4.56. The second-order valence-corrected chi connectivity index (χ2v) is 4.94. The van der Waals surface area contributed by atoms with Gasteiger partial charge in [-0.3, -0.25) is 10.1 Å². The number of benzene rings is 2. The first-order valence-electron chi connectivity index (χ1n) is 6.31. The maximum absolute atomic E-state index is 13.0. The molecule has 0 atom stereocenters. The quantitative estimate of drug-likeness (QED) is 0.573. The molecule has 0 aliphatic carbocycles. The van der Waals surface area contributed by atoms with Gasteiger partial charge in [0.15, 0.2) is 0 Å². The fourth-order valence-electron chi connectivity index (χ4n) is 2.03. The number of aromatic nitrogens is 2. The van der Waals surface area contributed by atoms with E-state index in [1.165, 1.54) is 24.3 Å². The van der Waals surface area contributed by atoms with Crippen molar-refractivity contribution in [1.29, 1.82) is 0 Å². The van der Waals surface area contributed by atoms with E-state index in [4.69, 9.17) is 11.6 Å². The molecule has 1 N–H and O–H groups in total. The van der Waals surface area contributed by atoms with E-state index in [1.54, 1.807) is 24.3 Å². The molecule has 5 nitrogen and oxygen atoms in total. The topological polar surface area (TPSA) is 71.8 Å². The van der Waals surface area contributed by atoms with Crippen LogP contribution in [-0.2, 0) is 0 Å². The van der Waals surface area contributed by atoms with Gasteiger partial charge in [0.25, 0.3) is 5.69 Å². The van der Waals surface area contributed by atoms with Crippen LogP contribution in [0.2, 0.25) is 5.15 Å². The molecule has 3 rings (SSSR count). The molecular weight excluding hydrogens is 309 g/mol. The van der Waals surface area contributed by atoms with Crippen molar-refractivity contribution in [3.63, 3.8) is 0 Å². The number of H-pyrrole nitrogens is 1. The van der Waals surface area contributed by atoms with Crippen LogP contribution in [0.3, 0.4) is 0 Å². The molecule has 0 aliphatic rings. The number of nitrogens with zero attached hydrogens (tertiary/aromatic N) is 2. The van der Waals surface area contributed by atoms with Crippen LogP contribution in [0, 0.1) is 15.9 Å². The molecule has 0 saturated carbocycles. The Balaban J connectivity index is 1.98. The Morgan fingerprint density at radius 1 is 1.05 bits per heavy atom. The number of nitro groups is 1. The molecule has 3 aromatic rings. The van der Waals surface area contributed by atoms with E-state index in [2.05, 4.69) is 9.97 Å². The molecule has 0 amide bonds. The van der Waals surface area contributed by atoms with Gasteiger partial charge < -0.3 is 4.98 Å². The van der Waals surface area contributed by atoms with Crippen LogP contribution in [0.25, 0.3) is 22.6 Å². The number of halogens is 2. The second kappa shape index (κ2) is 5.57. The Morgan fingerprint density at radius 2 is 1.64 bits per heavy atom. The SMILES string of the molecule is O=[N+]([O-])c1ccc(-c2nc(-c3ccc(F)cc3)c(Cl)[nH]2)cc1. The first kappa shape index (κ1) is 14.2. The molecule has 0 radical (unpaired) electrons. The van der Waals surface area contributed by atoms with Gasteiger partial charge in [-0.05, 0) is 36.4 Å². The number of nitrogens with one attached hydrogen (secondary N) is 1. The average Bonchev–Trinajstić information content (AvgIpc) is 2.90. The zero-order valence-electron chi connectivity index (χ0n) is 11.1. The number of aromatic amines is 1. The van der Waals surface area contributed by atoms with Crippen molar-refractivity contribution in [2.45, 2.75) is 0 Å². The van der Waals surface area contributed by atoms with Crippen LogP contribution in [0.4, 0.5) is 10.1 Å². The van der Waals surface area contributed by atoms with Gasteiger partial charge in [-0.1, -0.05) is 11.6 Å². The van der Waals surface area contributed by atoms with Gasteiger partial charge in [-0.2, -0.15) is 0 Å². The van der Waals surface area contributed by atoms with Crippen LogP contribution in [0.15, 0.2) is 48.5 Å². The summed E-state index contributed by atoms with van der Waals surface area (Å²) in [5, 5.41) is 11.0. The Kier molecular flexibility index (Phi) is 3.60.